The number of halogens is 1. The van der Waals surface area contributed by atoms with Gasteiger partial charge in [0.1, 0.15) is 5.02 Å². The maximum atomic E-state index is 11.5. The molecule has 2 atom stereocenters. The van der Waals surface area contributed by atoms with Crippen LogP contribution >= 0.6 is 11.6 Å². The van der Waals surface area contributed by atoms with Crippen molar-refractivity contribution in [2.75, 3.05) is 11.9 Å². The van der Waals surface area contributed by atoms with Gasteiger partial charge in [0.25, 0.3) is 5.56 Å². The first-order chi connectivity index (χ1) is 8.08. The number of anilines is 1. The van der Waals surface area contributed by atoms with Gasteiger partial charge in [-0.3, -0.25) is 4.79 Å². The van der Waals surface area contributed by atoms with Gasteiger partial charge in [0.05, 0.1) is 18.0 Å². The number of aliphatic hydroxyl groups excluding tert-OH is 1. The molecule has 1 fully saturated rings. The van der Waals surface area contributed by atoms with Crippen LogP contribution in [0.25, 0.3) is 0 Å². The molecule has 1 heterocycles. The van der Waals surface area contributed by atoms with Gasteiger partial charge in [0, 0.05) is 13.6 Å². The molecule has 0 spiro atoms. The molecule has 1 aromatic rings. The number of aryl methyl sites for hydroxylation is 1. The Morgan fingerprint density at radius 2 is 2.41 bits per heavy atom. The van der Waals surface area contributed by atoms with E-state index in [0.717, 1.165) is 19.3 Å². The van der Waals surface area contributed by atoms with E-state index in [0.29, 0.717) is 18.2 Å². The zero-order chi connectivity index (χ0) is 12.4. The van der Waals surface area contributed by atoms with Gasteiger partial charge in [-0.25, -0.2) is 4.68 Å². The van der Waals surface area contributed by atoms with Crippen LogP contribution in [0.1, 0.15) is 19.3 Å². The van der Waals surface area contributed by atoms with E-state index in [9.17, 15) is 9.90 Å². The minimum atomic E-state index is -0.303. The molecule has 2 unspecified atom stereocenters. The second-order valence-corrected chi connectivity index (χ2v) is 4.89. The summed E-state index contributed by atoms with van der Waals surface area (Å²) >= 11 is 5.93. The highest BCUT2D eigenvalue weighted by atomic mass is 35.5. The van der Waals surface area contributed by atoms with Crippen LogP contribution in [-0.4, -0.2) is 27.5 Å². The van der Waals surface area contributed by atoms with Gasteiger partial charge in [0.15, 0.2) is 0 Å². The highest BCUT2D eigenvalue weighted by Gasteiger charge is 2.22. The van der Waals surface area contributed by atoms with E-state index in [-0.39, 0.29) is 16.7 Å². The van der Waals surface area contributed by atoms with Crippen LogP contribution in [0.5, 0.6) is 0 Å². The molecule has 2 rings (SSSR count). The number of nitrogens with one attached hydrogen (secondary N) is 1. The summed E-state index contributed by atoms with van der Waals surface area (Å²) in [7, 11) is 1.56. The lowest BCUT2D eigenvalue weighted by atomic mass is 10.1. The first kappa shape index (κ1) is 12.4. The summed E-state index contributed by atoms with van der Waals surface area (Å²) in [6.45, 7) is 0.714. The molecular weight excluding hydrogens is 242 g/mol. The van der Waals surface area contributed by atoms with Gasteiger partial charge in [-0.1, -0.05) is 11.6 Å². The van der Waals surface area contributed by atoms with Crippen LogP contribution in [0, 0.1) is 5.92 Å². The fraction of sp³-hybridized carbons (Fsp3) is 0.636. The minimum absolute atomic E-state index is 0.168. The highest BCUT2D eigenvalue weighted by molar-refractivity contribution is 6.32. The summed E-state index contributed by atoms with van der Waals surface area (Å²) in [6, 6.07) is 0. The molecule has 5 nitrogen and oxygen atoms in total. The van der Waals surface area contributed by atoms with Crippen molar-refractivity contribution in [3.05, 3.63) is 21.6 Å². The Hall–Kier alpha value is -1.07. The summed E-state index contributed by atoms with van der Waals surface area (Å²) in [5.41, 5.74) is 0.263. The van der Waals surface area contributed by atoms with Crippen molar-refractivity contribution in [1.82, 2.24) is 9.78 Å². The van der Waals surface area contributed by atoms with E-state index in [4.69, 9.17) is 11.6 Å². The first-order valence-electron chi connectivity index (χ1n) is 5.71. The number of hydrogen-bond donors (Lipinski definition) is 2. The van der Waals surface area contributed by atoms with Crippen LogP contribution in [0.2, 0.25) is 5.02 Å². The number of rotatable bonds is 3. The molecular formula is C11H16ClN3O2. The Kier molecular flexibility index (Phi) is 3.69. The van der Waals surface area contributed by atoms with Crippen molar-refractivity contribution in [3.8, 4) is 0 Å². The van der Waals surface area contributed by atoms with E-state index in [1.54, 1.807) is 13.2 Å². The maximum Gasteiger partial charge on any atom is 0.287 e. The van der Waals surface area contributed by atoms with Crippen molar-refractivity contribution in [2.24, 2.45) is 13.0 Å². The van der Waals surface area contributed by atoms with Crippen LogP contribution < -0.4 is 10.9 Å². The van der Waals surface area contributed by atoms with Crippen molar-refractivity contribution >= 4 is 17.3 Å². The SMILES string of the molecule is Cn1ncc(NCC2CCC(O)C2)c(Cl)c1=O. The van der Waals surface area contributed by atoms with Gasteiger partial charge < -0.3 is 10.4 Å². The second-order valence-electron chi connectivity index (χ2n) is 4.51. The monoisotopic (exact) mass is 257 g/mol. The fourth-order valence-corrected chi connectivity index (χ4v) is 2.36. The molecule has 0 saturated heterocycles. The van der Waals surface area contributed by atoms with Crippen molar-refractivity contribution in [1.29, 1.82) is 0 Å². The molecule has 2 N–H and O–H groups in total. The number of hydrogen-bond acceptors (Lipinski definition) is 4. The quantitative estimate of drug-likeness (QED) is 0.848. The highest BCUT2D eigenvalue weighted by Crippen LogP contribution is 2.26. The van der Waals surface area contributed by atoms with Crippen LogP contribution in [-0.2, 0) is 7.05 Å². The Morgan fingerprint density at radius 1 is 1.65 bits per heavy atom. The van der Waals surface area contributed by atoms with Gasteiger partial charge in [-0.05, 0) is 25.2 Å². The minimum Gasteiger partial charge on any atom is -0.393 e. The second kappa shape index (κ2) is 5.06. The van der Waals surface area contributed by atoms with E-state index in [1.165, 1.54) is 4.68 Å². The van der Waals surface area contributed by atoms with Gasteiger partial charge in [-0.15, -0.1) is 0 Å². The van der Waals surface area contributed by atoms with Gasteiger partial charge >= 0.3 is 0 Å². The summed E-state index contributed by atoms with van der Waals surface area (Å²) in [6.07, 6.45) is 4.04. The standard InChI is InChI=1S/C11H16ClN3O2/c1-15-11(17)10(12)9(6-14-15)13-5-7-2-3-8(16)4-7/h6-8,13,16H,2-5H2,1H3. The molecule has 1 aliphatic rings. The topological polar surface area (TPSA) is 67.2 Å². The lowest BCUT2D eigenvalue weighted by Crippen LogP contribution is -2.22. The Labute approximate surface area is 104 Å². The van der Waals surface area contributed by atoms with Gasteiger partial charge in [0.2, 0.25) is 0 Å². The summed E-state index contributed by atoms with van der Waals surface area (Å²) in [5, 5.41) is 16.6. The van der Waals surface area contributed by atoms with E-state index in [2.05, 4.69) is 10.4 Å². The van der Waals surface area contributed by atoms with Crippen molar-refractivity contribution < 1.29 is 5.11 Å². The maximum absolute atomic E-state index is 11.5. The summed E-state index contributed by atoms with van der Waals surface area (Å²) in [5.74, 6) is 0.435. The summed E-state index contributed by atoms with van der Waals surface area (Å²) < 4.78 is 1.20. The van der Waals surface area contributed by atoms with Crippen molar-refractivity contribution in [2.45, 2.75) is 25.4 Å². The van der Waals surface area contributed by atoms with E-state index < -0.39 is 0 Å². The molecule has 1 aliphatic carbocycles. The third-order valence-corrected chi connectivity index (χ3v) is 3.54. The summed E-state index contributed by atoms with van der Waals surface area (Å²) in [4.78, 5) is 11.5. The molecule has 94 valence electrons. The van der Waals surface area contributed by atoms with Crippen molar-refractivity contribution in [3.63, 3.8) is 0 Å². The van der Waals surface area contributed by atoms with Crippen LogP contribution in [0.15, 0.2) is 11.0 Å². The largest absolute Gasteiger partial charge is 0.393 e. The number of aromatic nitrogens is 2. The van der Waals surface area contributed by atoms with E-state index in [1.807, 2.05) is 0 Å². The number of nitrogens with zero attached hydrogens (tertiary/aromatic N) is 2. The Balaban J connectivity index is 2.00. The Bertz CT molecular complexity index is 461. The molecule has 0 bridgehead atoms. The lowest BCUT2D eigenvalue weighted by Gasteiger charge is -2.12. The van der Waals surface area contributed by atoms with Gasteiger partial charge in [-0.2, -0.15) is 5.10 Å². The zero-order valence-electron chi connectivity index (χ0n) is 9.69. The molecule has 0 aromatic carbocycles. The third kappa shape index (κ3) is 2.79. The predicted octanol–water partition coefficient (Wildman–Crippen LogP) is 1.01. The molecule has 1 aromatic heterocycles. The van der Waals surface area contributed by atoms with Crippen LogP contribution in [0.4, 0.5) is 5.69 Å². The predicted molar refractivity (Wildman–Crippen MR) is 66.3 cm³/mol. The molecule has 0 radical (unpaired) electrons. The zero-order valence-corrected chi connectivity index (χ0v) is 10.4. The molecule has 17 heavy (non-hydrogen) atoms. The smallest absolute Gasteiger partial charge is 0.287 e. The third-order valence-electron chi connectivity index (χ3n) is 3.17. The molecule has 6 heteroatoms. The van der Waals surface area contributed by atoms with Crippen LogP contribution in [0.3, 0.4) is 0 Å². The molecule has 1 saturated carbocycles. The fourth-order valence-electron chi connectivity index (χ4n) is 2.12. The average Bonchev–Trinajstić information content (AvgIpc) is 2.71. The Morgan fingerprint density at radius 3 is 3.06 bits per heavy atom. The lowest BCUT2D eigenvalue weighted by molar-refractivity contribution is 0.178. The molecule has 0 aliphatic heterocycles. The average molecular weight is 258 g/mol. The number of aliphatic hydroxyl groups is 1. The normalized spacial score (nSPS) is 23.9. The van der Waals surface area contributed by atoms with E-state index >= 15 is 0 Å². The molecule has 0 amide bonds. The first-order valence-corrected chi connectivity index (χ1v) is 6.09.